The van der Waals surface area contributed by atoms with Crippen molar-refractivity contribution in [3.63, 3.8) is 0 Å². The van der Waals surface area contributed by atoms with E-state index in [0.717, 1.165) is 11.3 Å². The summed E-state index contributed by atoms with van der Waals surface area (Å²) >= 11 is 0. The summed E-state index contributed by atoms with van der Waals surface area (Å²) in [6.45, 7) is 4.10. The zero-order chi connectivity index (χ0) is 11.5. The molecule has 82 valence electrons. The Morgan fingerprint density at radius 3 is 2.62 bits per heavy atom. The van der Waals surface area contributed by atoms with E-state index in [0.29, 0.717) is 11.6 Å². The van der Waals surface area contributed by atoms with Crippen LogP contribution in [0, 0.1) is 13.8 Å². The lowest BCUT2D eigenvalue weighted by molar-refractivity contribution is 0.476. The largest absolute Gasteiger partial charge is 0.455 e. The second-order valence-corrected chi connectivity index (χ2v) is 3.72. The molecule has 1 heterocycles. The number of hydrogen-bond acceptors (Lipinski definition) is 3. The van der Waals surface area contributed by atoms with E-state index in [1.54, 1.807) is 12.3 Å². The fourth-order valence-corrected chi connectivity index (χ4v) is 1.41. The molecule has 0 radical (unpaired) electrons. The first kappa shape index (κ1) is 10.5. The number of nitrogens with two attached hydrogens (primary N) is 1. The minimum absolute atomic E-state index is 0.494. The predicted molar refractivity (Wildman–Crippen MR) is 64.6 cm³/mol. The Labute approximate surface area is 94.9 Å². The fraction of sp³-hybridized carbons (Fsp3) is 0.154. The van der Waals surface area contributed by atoms with Crippen molar-refractivity contribution in [2.45, 2.75) is 13.8 Å². The normalized spacial score (nSPS) is 10.1. The highest BCUT2D eigenvalue weighted by Gasteiger charge is 2.03. The summed E-state index contributed by atoms with van der Waals surface area (Å²) in [5.41, 5.74) is 7.85. The molecule has 0 atom stereocenters. The SMILES string of the molecule is Cc1cccc(Oc2ccc(N)nc2)c1C. The second kappa shape index (κ2) is 4.23. The molecule has 2 aromatic rings. The molecule has 0 bridgehead atoms. The van der Waals surface area contributed by atoms with Crippen LogP contribution in [0.1, 0.15) is 11.1 Å². The quantitative estimate of drug-likeness (QED) is 0.835. The smallest absolute Gasteiger partial charge is 0.145 e. The number of aromatic nitrogens is 1. The van der Waals surface area contributed by atoms with Gasteiger partial charge in [0.2, 0.25) is 0 Å². The molecule has 1 aromatic carbocycles. The Kier molecular flexibility index (Phi) is 2.77. The zero-order valence-electron chi connectivity index (χ0n) is 9.40. The lowest BCUT2D eigenvalue weighted by Gasteiger charge is -2.09. The molecular formula is C13H14N2O. The van der Waals surface area contributed by atoms with Crippen molar-refractivity contribution in [2.24, 2.45) is 0 Å². The zero-order valence-corrected chi connectivity index (χ0v) is 9.40. The molecule has 16 heavy (non-hydrogen) atoms. The maximum Gasteiger partial charge on any atom is 0.145 e. The Balaban J connectivity index is 2.27. The third-order valence-corrected chi connectivity index (χ3v) is 2.54. The summed E-state index contributed by atoms with van der Waals surface area (Å²) < 4.78 is 5.73. The number of ether oxygens (including phenoxy) is 1. The van der Waals surface area contributed by atoms with E-state index in [9.17, 15) is 0 Å². The molecule has 1 aromatic heterocycles. The summed E-state index contributed by atoms with van der Waals surface area (Å²) in [5.74, 6) is 2.04. The topological polar surface area (TPSA) is 48.1 Å². The van der Waals surface area contributed by atoms with Crippen LogP contribution in [-0.4, -0.2) is 4.98 Å². The van der Waals surface area contributed by atoms with Gasteiger partial charge in [0.05, 0.1) is 6.20 Å². The number of rotatable bonds is 2. The van der Waals surface area contributed by atoms with E-state index in [1.165, 1.54) is 5.56 Å². The Hall–Kier alpha value is -2.03. The highest BCUT2D eigenvalue weighted by Crippen LogP contribution is 2.26. The van der Waals surface area contributed by atoms with E-state index in [4.69, 9.17) is 10.5 Å². The van der Waals surface area contributed by atoms with Gasteiger partial charge in [0.1, 0.15) is 17.3 Å². The molecular weight excluding hydrogens is 200 g/mol. The van der Waals surface area contributed by atoms with Crippen molar-refractivity contribution in [1.29, 1.82) is 0 Å². The van der Waals surface area contributed by atoms with Crippen molar-refractivity contribution in [3.05, 3.63) is 47.7 Å². The van der Waals surface area contributed by atoms with E-state index >= 15 is 0 Å². The summed E-state index contributed by atoms with van der Waals surface area (Å²) in [6, 6.07) is 9.51. The molecule has 0 saturated heterocycles. The highest BCUT2D eigenvalue weighted by molar-refractivity contribution is 5.42. The third kappa shape index (κ3) is 2.14. The van der Waals surface area contributed by atoms with Crippen LogP contribution in [0.15, 0.2) is 36.5 Å². The van der Waals surface area contributed by atoms with Crippen LogP contribution in [0.2, 0.25) is 0 Å². The van der Waals surface area contributed by atoms with Crippen molar-refractivity contribution in [3.8, 4) is 11.5 Å². The fourth-order valence-electron chi connectivity index (χ4n) is 1.41. The molecule has 0 amide bonds. The number of anilines is 1. The van der Waals surface area contributed by atoms with Gasteiger partial charge in [0.25, 0.3) is 0 Å². The first-order valence-electron chi connectivity index (χ1n) is 5.12. The standard InChI is InChI=1S/C13H14N2O/c1-9-4-3-5-12(10(9)2)16-11-6-7-13(14)15-8-11/h3-8H,1-2H3,(H2,14,15). The van der Waals surface area contributed by atoms with Crippen LogP contribution in [0.4, 0.5) is 5.82 Å². The van der Waals surface area contributed by atoms with Crippen LogP contribution in [-0.2, 0) is 0 Å². The predicted octanol–water partition coefficient (Wildman–Crippen LogP) is 3.07. The molecule has 2 rings (SSSR count). The first-order chi connectivity index (χ1) is 7.66. The van der Waals surface area contributed by atoms with Gasteiger partial charge in [-0.15, -0.1) is 0 Å². The van der Waals surface area contributed by atoms with Gasteiger partial charge in [-0.2, -0.15) is 0 Å². The number of hydrogen-bond donors (Lipinski definition) is 1. The molecule has 2 N–H and O–H groups in total. The summed E-state index contributed by atoms with van der Waals surface area (Å²) in [5, 5.41) is 0. The van der Waals surface area contributed by atoms with Gasteiger partial charge in [0.15, 0.2) is 0 Å². The Bertz CT molecular complexity index is 492. The summed E-state index contributed by atoms with van der Waals surface area (Å²) in [4.78, 5) is 3.98. The van der Waals surface area contributed by atoms with Crippen molar-refractivity contribution in [1.82, 2.24) is 4.98 Å². The van der Waals surface area contributed by atoms with Gasteiger partial charge in [-0.25, -0.2) is 4.98 Å². The number of aryl methyl sites for hydroxylation is 1. The molecule has 3 nitrogen and oxygen atoms in total. The molecule has 0 fully saturated rings. The second-order valence-electron chi connectivity index (χ2n) is 3.72. The summed E-state index contributed by atoms with van der Waals surface area (Å²) in [7, 11) is 0. The summed E-state index contributed by atoms with van der Waals surface area (Å²) in [6.07, 6.45) is 1.62. The van der Waals surface area contributed by atoms with Crippen molar-refractivity contribution < 1.29 is 4.74 Å². The molecule has 3 heteroatoms. The Morgan fingerprint density at radius 2 is 1.94 bits per heavy atom. The molecule has 0 aliphatic rings. The van der Waals surface area contributed by atoms with Gasteiger partial charge < -0.3 is 10.5 Å². The molecule has 0 unspecified atom stereocenters. The van der Waals surface area contributed by atoms with E-state index in [1.807, 2.05) is 25.1 Å². The third-order valence-electron chi connectivity index (χ3n) is 2.54. The van der Waals surface area contributed by atoms with E-state index in [-0.39, 0.29) is 0 Å². The van der Waals surface area contributed by atoms with Crippen LogP contribution < -0.4 is 10.5 Å². The average Bonchev–Trinajstić information content (AvgIpc) is 2.28. The number of benzene rings is 1. The van der Waals surface area contributed by atoms with Gasteiger partial charge in [0, 0.05) is 0 Å². The number of nitrogen functional groups attached to an aromatic ring is 1. The Morgan fingerprint density at radius 1 is 1.12 bits per heavy atom. The molecule has 0 aliphatic carbocycles. The van der Waals surface area contributed by atoms with Crippen LogP contribution >= 0.6 is 0 Å². The minimum atomic E-state index is 0.494. The lowest BCUT2D eigenvalue weighted by Crippen LogP contribution is -1.92. The molecule has 0 aliphatic heterocycles. The minimum Gasteiger partial charge on any atom is -0.455 e. The van der Waals surface area contributed by atoms with Gasteiger partial charge in [-0.3, -0.25) is 0 Å². The first-order valence-corrected chi connectivity index (χ1v) is 5.12. The van der Waals surface area contributed by atoms with E-state index < -0.39 is 0 Å². The number of pyridine rings is 1. The monoisotopic (exact) mass is 214 g/mol. The maximum absolute atomic E-state index is 5.73. The van der Waals surface area contributed by atoms with E-state index in [2.05, 4.69) is 18.0 Å². The van der Waals surface area contributed by atoms with Gasteiger partial charge in [-0.05, 0) is 43.2 Å². The van der Waals surface area contributed by atoms with Crippen LogP contribution in [0.5, 0.6) is 11.5 Å². The van der Waals surface area contributed by atoms with Gasteiger partial charge >= 0.3 is 0 Å². The van der Waals surface area contributed by atoms with Crippen molar-refractivity contribution >= 4 is 5.82 Å². The highest BCUT2D eigenvalue weighted by atomic mass is 16.5. The lowest BCUT2D eigenvalue weighted by atomic mass is 10.1. The van der Waals surface area contributed by atoms with Crippen molar-refractivity contribution in [2.75, 3.05) is 5.73 Å². The average molecular weight is 214 g/mol. The molecule has 0 saturated carbocycles. The maximum atomic E-state index is 5.73. The number of nitrogens with zero attached hydrogens (tertiary/aromatic N) is 1. The van der Waals surface area contributed by atoms with Crippen LogP contribution in [0.3, 0.4) is 0 Å². The van der Waals surface area contributed by atoms with Crippen LogP contribution in [0.25, 0.3) is 0 Å². The van der Waals surface area contributed by atoms with Gasteiger partial charge in [-0.1, -0.05) is 12.1 Å². The molecule has 0 spiro atoms.